The van der Waals surface area contributed by atoms with Crippen molar-refractivity contribution in [2.24, 2.45) is 0 Å². The molecule has 0 unspecified atom stereocenters. The number of rotatable bonds is 3. The minimum Gasteiger partial charge on any atom is -0.478 e. The molecule has 3 nitrogen and oxygen atoms in total. The Morgan fingerprint density at radius 3 is 2.79 bits per heavy atom. The first kappa shape index (κ1) is 14.0. The van der Waals surface area contributed by atoms with Gasteiger partial charge in [0.25, 0.3) is 0 Å². The lowest BCUT2D eigenvalue weighted by atomic mass is 10.2. The third-order valence-electron chi connectivity index (χ3n) is 2.38. The minimum absolute atomic E-state index is 0.0543. The van der Waals surface area contributed by atoms with Crippen LogP contribution in [0.25, 0.3) is 0 Å². The monoisotopic (exact) mass is 341 g/mol. The molecule has 0 fully saturated rings. The summed E-state index contributed by atoms with van der Waals surface area (Å²) in [7, 11) is 0. The average Bonchev–Trinajstić information content (AvgIpc) is 2.34. The van der Waals surface area contributed by atoms with Gasteiger partial charge in [-0.15, -0.1) is 0 Å². The zero-order valence-corrected chi connectivity index (χ0v) is 12.3. The maximum atomic E-state index is 13.7. The van der Waals surface area contributed by atoms with Crippen molar-refractivity contribution in [1.82, 2.24) is 4.98 Å². The largest absolute Gasteiger partial charge is 0.478 e. The number of carbonyl (C=O) groups is 1. The van der Waals surface area contributed by atoms with Gasteiger partial charge in [0, 0.05) is 10.7 Å². The molecule has 98 valence electrons. The summed E-state index contributed by atoms with van der Waals surface area (Å²) < 4.78 is 14.5. The van der Waals surface area contributed by atoms with Gasteiger partial charge in [0.2, 0.25) is 0 Å². The van der Waals surface area contributed by atoms with Crippen LogP contribution in [0.2, 0.25) is 0 Å². The van der Waals surface area contributed by atoms with Gasteiger partial charge in [-0.2, -0.15) is 0 Å². The molecule has 0 spiro atoms. The number of pyridine rings is 1. The van der Waals surface area contributed by atoms with Crippen LogP contribution >= 0.6 is 27.7 Å². The Hall–Kier alpha value is -1.40. The minimum atomic E-state index is -1.08. The van der Waals surface area contributed by atoms with E-state index in [1.807, 2.05) is 13.0 Å². The summed E-state index contributed by atoms with van der Waals surface area (Å²) in [6, 6.07) is 5.57. The molecule has 0 bridgehead atoms. The lowest BCUT2D eigenvalue weighted by molar-refractivity contribution is 0.0696. The number of carboxylic acid groups (broad SMARTS) is 1. The highest BCUT2D eigenvalue weighted by molar-refractivity contribution is 9.10. The van der Waals surface area contributed by atoms with E-state index in [4.69, 9.17) is 5.11 Å². The highest BCUT2D eigenvalue weighted by Crippen LogP contribution is 2.32. The van der Waals surface area contributed by atoms with Crippen LogP contribution in [-0.2, 0) is 0 Å². The number of hydrogen-bond donors (Lipinski definition) is 1. The predicted molar refractivity (Wildman–Crippen MR) is 74.2 cm³/mol. The molecule has 1 heterocycles. The molecule has 0 atom stereocenters. The summed E-state index contributed by atoms with van der Waals surface area (Å²) in [5, 5.41) is 9.55. The fourth-order valence-corrected chi connectivity index (χ4v) is 2.78. The SMILES string of the molecule is Cc1cc(Br)cnc1Sc1cc(C(=O)O)ccc1F. The summed E-state index contributed by atoms with van der Waals surface area (Å²) in [6.45, 7) is 1.86. The van der Waals surface area contributed by atoms with E-state index < -0.39 is 11.8 Å². The summed E-state index contributed by atoms with van der Waals surface area (Å²) in [5.41, 5.74) is 0.943. The van der Waals surface area contributed by atoms with Crippen molar-refractivity contribution in [2.45, 2.75) is 16.8 Å². The Morgan fingerprint density at radius 1 is 1.42 bits per heavy atom. The van der Waals surface area contributed by atoms with E-state index in [2.05, 4.69) is 20.9 Å². The molecule has 1 aromatic heterocycles. The Bertz CT molecular complexity index is 649. The first-order valence-electron chi connectivity index (χ1n) is 5.30. The van der Waals surface area contributed by atoms with Crippen molar-refractivity contribution >= 4 is 33.7 Å². The number of nitrogens with zero attached hydrogens (tertiary/aromatic N) is 1. The highest BCUT2D eigenvalue weighted by atomic mass is 79.9. The van der Waals surface area contributed by atoms with Crippen molar-refractivity contribution < 1.29 is 14.3 Å². The Labute approximate surface area is 122 Å². The van der Waals surface area contributed by atoms with Gasteiger partial charge >= 0.3 is 5.97 Å². The number of carboxylic acids is 1. The predicted octanol–water partition coefficient (Wildman–Crippen LogP) is 4.14. The lowest BCUT2D eigenvalue weighted by Gasteiger charge is -2.06. The van der Waals surface area contributed by atoms with Crippen molar-refractivity contribution in [2.75, 3.05) is 0 Å². The smallest absolute Gasteiger partial charge is 0.335 e. The molecule has 0 amide bonds. The van der Waals surface area contributed by atoms with E-state index in [9.17, 15) is 9.18 Å². The van der Waals surface area contributed by atoms with E-state index in [-0.39, 0.29) is 10.5 Å². The molecule has 1 aromatic carbocycles. The zero-order valence-electron chi connectivity index (χ0n) is 9.85. The van der Waals surface area contributed by atoms with Gasteiger partial charge in [-0.3, -0.25) is 0 Å². The Balaban J connectivity index is 2.37. The number of hydrogen-bond acceptors (Lipinski definition) is 3. The van der Waals surface area contributed by atoms with E-state index in [1.165, 1.54) is 12.1 Å². The molecule has 2 rings (SSSR count). The number of aromatic carboxylic acids is 1. The summed E-state index contributed by atoms with van der Waals surface area (Å²) in [6.07, 6.45) is 1.62. The van der Waals surface area contributed by atoms with Gasteiger partial charge < -0.3 is 5.11 Å². The molecule has 0 aliphatic heterocycles. The number of benzene rings is 1. The molecule has 2 aromatic rings. The quantitative estimate of drug-likeness (QED) is 0.911. The second-order valence-electron chi connectivity index (χ2n) is 3.83. The van der Waals surface area contributed by atoms with Crippen molar-refractivity contribution in [1.29, 1.82) is 0 Å². The third-order valence-corrected chi connectivity index (χ3v) is 3.97. The van der Waals surface area contributed by atoms with Crippen LogP contribution < -0.4 is 0 Å². The van der Waals surface area contributed by atoms with E-state index in [1.54, 1.807) is 6.20 Å². The van der Waals surface area contributed by atoms with Crippen LogP contribution in [0, 0.1) is 12.7 Å². The number of halogens is 2. The second kappa shape index (κ2) is 5.71. The van der Waals surface area contributed by atoms with Crippen molar-refractivity contribution in [3.63, 3.8) is 0 Å². The maximum absolute atomic E-state index is 13.7. The van der Waals surface area contributed by atoms with Gasteiger partial charge in [0.15, 0.2) is 0 Å². The average molecular weight is 342 g/mol. The standard InChI is InChI=1S/C13H9BrFNO2S/c1-7-4-9(14)6-16-12(7)19-11-5-8(13(17)18)2-3-10(11)15/h2-6H,1H3,(H,17,18). The molecule has 0 saturated heterocycles. The maximum Gasteiger partial charge on any atom is 0.335 e. The Morgan fingerprint density at radius 2 is 2.16 bits per heavy atom. The van der Waals surface area contributed by atoms with Gasteiger partial charge in [-0.25, -0.2) is 14.2 Å². The van der Waals surface area contributed by atoms with Crippen molar-refractivity contribution in [3.8, 4) is 0 Å². The topological polar surface area (TPSA) is 50.2 Å². The molecule has 0 aliphatic carbocycles. The molecule has 0 aliphatic rings. The van der Waals surface area contributed by atoms with Crippen LogP contribution in [0.4, 0.5) is 4.39 Å². The normalized spacial score (nSPS) is 10.5. The molecular weight excluding hydrogens is 333 g/mol. The second-order valence-corrected chi connectivity index (χ2v) is 5.77. The summed E-state index contributed by atoms with van der Waals surface area (Å²) in [5.74, 6) is -1.54. The fraction of sp³-hybridized carbons (Fsp3) is 0.0769. The molecule has 0 radical (unpaired) electrons. The van der Waals surface area contributed by atoms with Crippen LogP contribution in [0.15, 0.2) is 44.9 Å². The summed E-state index contributed by atoms with van der Waals surface area (Å²) in [4.78, 5) is 15.3. The summed E-state index contributed by atoms with van der Waals surface area (Å²) >= 11 is 4.41. The highest BCUT2D eigenvalue weighted by Gasteiger charge is 2.11. The van der Waals surface area contributed by atoms with E-state index in [0.29, 0.717) is 5.03 Å². The van der Waals surface area contributed by atoms with Crippen molar-refractivity contribution in [3.05, 3.63) is 51.9 Å². The first-order chi connectivity index (χ1) is 8.97. The number of aryl methyl sites for hydroxylation is 1. The van der Waals surface area contributed by atoms with E-state index in [0.717, 1.165) is 27.9 Å². The van der Waals surface area contributed by atoms with Gasteiger partial charge in [0.05, 0.1) is 10.5 Å². The number of aromatic nitrogens is 1. The van der Waals surface area contributed by atoms with Gasteiger partial charge in [-0.05, 0) is 52.7 Å². The molecule has 6 heteroatoms. The van der Waals surface area contributed by atoms with Gasteiger partial charge in [0.1, 0.15) is 10.8 Å². The van der Waals surface area contributed by atoms with Crippen LogP contribution in [0.1, 0.15) is 15.9 Å². The molecule has 1 N–H and O–H groups in total. The molecular formula is C13H9BrFNO2S. The molecule has 19 heavy (non-hydrogen) atoms. The van der Waals surface area contributed by atoms with Crippen LogP contribution in [0.3, 0.4) is 0 Å². The van der Waals surface area contributed by atoms with Crippen LogP contribution in [-0.4, -0.2) is 16.1 Å². The lowest BCUT2D eigenvalue weighted by Crippen LogP contribution is -1.97. The van der Waals surface area contributed by atoms with Crippen LogP contribution in [0.5, 0.6) is 0 Å². The molecule has 0 saturated carbocycles. The fourth-order valence-electron chi connectivity index (χ4n) is 1.45. The third kappa shape index (κ3) is 3.33. The first-order valence-corrected chi connectivity index (χ1v) is 6.91. The zero-order chi connectivity index (χ0) is 14.0. The van der Waals surface area contributed by atoms with E-state index >= 15 is 0 Å². The van der Waals surface area contributed by atoms with Gasteiger partial charge in [-0.1, -0.05) is 11.8 Å². The Kier molecular flexibility index (Phi) is 4.21.